The summed E-state index contributed by atoms with van der Waals surface area (Å²) in [5.41, 5.74) is 0.730. The van der Waals surface area contributed by atoms with E-state index in [1.54, 1.807) is 36.4 Å². The van der Waals surface area contributed by atoms with Crippen LogP contribution in [0.4, 0.5) is 0 Å². The molecule has 0 fully saturated rings. The number of aromatic nitrogens is 2. The molecule has 0 radical (unpaired) electrons. The molecule has 0 aliphatic carbocycles. The first-order chi connectivity index (χ1) is 11.4. The highest BCUT2D eigenvalue weighted by molar-refractivity contribution is 7.90. The Hall–Kier alpha value is -2.93. The number of hydrogen-bond acceptors (Lipinski definition) is 4. The maximum atomic E-state index is 12.3. The SMILES string of the molecule is CS(=O)(=O)c1ccc(-c2[nH]c(=O)[nH]c(=O)c2-c2ccccc2)cc1. The summed E-state index contributed by atoms with van der Waals surface area (Å²) in [7, 11) is -3.32. The lowest BCUT2D eigenvalue weighted by Crippen LogP contribution is -2.24. The third kappa shape index (κ3) is 3.07. The van der Waals surface area contributed by atoms with Gasteiger partial charge in [0.15, 0.2) is 9.84 Å². The smallest absolute Gasteiger partial charge is 0.306 e. The molecule has 1 aromatic heterocycles. The molecular formula is C17H14N2O4S. The number of benzene rings is 2. The first-order valence-electron chi connectivity index (χ1n) is 7.09. The molecule has 0 bridgehead atoms. The Morgan fingerprint density at radius 3 is 2.00 bits per heavy atom. The second-order valence-corrected chi connectivity index (χ2v) is 7.34. The summed E-state index contributed by atoms with van der Waals surface area (Å²) in [6.45, 7) is 0. The van der Waals surface area contributed by atoms with Crippen LogP contribution in [0.25, 0.3) is 22.4 Å². The summed E-state index contributed by atoms with van der Waals surface area (Å²) in [5, 5.41) is 0. The standard InChI is InChI=1S/C17H14N2O4S/c1-24(22,23)13-9-7-12(8-10-13)15-14(11-5-3-2-4-6-11)16(20)19-17(21)18-15/h2-10H,1H3,(H2,18,19,20,21). The van der Waals surface area contributed by atoms with E-state index in [1.165, 1.54) is 12.1 Å². The number of rotatable bonds is 3. The molecule has 7 heteroatoms. The van der Waals surface area contributed by atoms with Crippen molar-refractivity contribution in [2.24, 2.45) is 0 Å². The van der Waals surface area contributed by atoms with Crippen LogP contribution in [-0.4, -0.2) is 24.6 Å². The van der Waals surface area contributed by atoms with Crippen LogP contribution < -0.4 is 11.2 Å². The van der Waals surface area contributed by atoms with Gasteiger partial charge in [0.1, 0.15) is 0 Å². The molecule has 0 saturated heterocycles. The maximum absolute atomic E-state index is 12.3. The average Bonchev–Trinajstić information content (AvgIpc) is 2.54. The van der Waals surface area contributed by atoms with Crippen LogP contribution in [0, 0.1) is 0 Å². The predicted octanol–water partition coefficient (Wildman–Crippen LogP) is 1.80. The molecule has 0 saturated carbocycles. The number of hydrogen-bond donors (Lipinski definition) is 2. The van der Waals surface area contributed by atoms with Gasteiger partial charge in [-0.15, -0.1) is 0 Å². The number of sulfone groups is 1. The van der Waals surface area contributed by atoms with Gasteiger partial charge in [0, 0.05) is 6.26 Å². The van der Waals surface area contributed by atoms with Gasteiger partial charge in [0.05, 0.1) is 16.2 Å². The molecule has 3 rings (SSSR count). The van der Waals surface area contributed by atoms with E-state index in [2.05, 4.69) is 9.97 Å². The molecule has 2 aromatic carbocycles. The van der Waals surface area contributed by atoms with Gasteiger partial charge < -0.3 is 4.98 Å². The van der Waals surface area contributed by atoms with E-state index < -0.39 is 21.1 Å². The van der Waals surface area contributed by atoms with Gasteiger partial charge in [0.2, 0.25) is 0 Å². The van der Waals surface area contributed by atoms with Crippen LogP contribution >= 0.6 is 0 Å². The molecule has 2 N–H and O–H groups in total. The van der Waals surface area contributed by atoms with Gasteiger partial charge in [-0.2, -0.15) is 0 Å². The Bertz CT molecular complexity index is 1100. The van der Waals surface area contributed by atoms with E-state index in [4.69, 9.17) is 0 Å². The van der Waals surface area contributed by atoms with Crippen molar-refractivity contribution >= 4 is 9.84 Å². The van der Waals surface area contributed by atoms with Crippen molar-refractivity contribution in [3.63, 3.8) is 0 Å². The molecule has 6 nitrogen and oxygen atoms in total. The van der Waals surface area contributed by atoms with Gasteiger partial charge in [0.25, 0.3) is 5.56 Å². The molecule has 0 unspecified atom stereocenters. The summed E-state index contributed by atoms with van der Waals surface area (Å²) < 4.78 is 23.1. The molecule has 122 valence electrons. The first kappa shape index (κ1) is 15.9. The highest BCUT2D eigenvalue weighted by Crippen LogP contribution is 2.27. The van der Waals surface area contributed by atoms with E-state index in [0.717, 1.165) is 6.26 Å². The van der Waals surface area contributed by atoms with Crippen LogP contribution in [0.5, 0.6) is 0 Å². The molecule has 0 atom stereocenters. The van der Waals surface area contributed by atoms with Crippen molar-refractivity contribution in [1.82, 2.24) is 9.97 Å². The Morgan fingerprint density at radius 1 is 0.792 bits per heavy atom. The van der Waals surface area contributed by atoms with Gasteiger partial charge in [-0.1, -0.05) is 42.5 Å². The highest BCUT2D eigenvalue weighted by Gasteiger charge is 2.14. The highest BCUT2D eigenvalue weighted by atomic mass is 32.2. The van der Waals surface area contributed by atoms with Gasteiger partial charge >= 0.3 is 5.69 Å². The summed E-state index contributed by atoms with van der Waals surface area (Å²) >= 11 is 0. The fraction of sp³-hybridized carbons (Fsp3) is 0.0588. The van der Waals surface area contributed by atoms with Crippen LogP contribution in [0.2, 0.25) is 0 Å². The lowest BCUT2D eigenvalue weighted by Gasteiger charge is -2.09. The predicted molar refractivity (Wildman–Crippen MR) is 91.7 cm³/mol. The minimum atomic E-state index is -3.32. The molecule has 0 spiro atoms. The zero-order valence-corrected chi connectivity index (χ0v) is 13.6. The molecule has 0 aliphatic rings. The lowest BCUT2D eigenvalue weighted by atomic mass is 10.0. The van der Waals surface area contributed by atoms with Crippen molar-refractivity contribution in [3.8, 4) is 22.4 Å². The van der Waals surface area contributed by atoms with Crippen molar-refractivity contribution < 1.29 is 8.42 Å². The van der Waals surface area contributed by atoms with E-state index in [1.807, 2.05) is 6.07 Å². The molecule has 3 aromatic rings. The van der Waals surface area contributed by atoms with Crippen LogP contribution in [0.1, 0.15) is 0 Å². The molecule has 1 heterocycles. The first-order valence-corrected chi connectivity index (χ1v) is 8.98. The molecule has 0 aliphatic heterocycles. The number of H-pyrrole nitrogens is 2. The van der Waals surface area contributed by atoms with Gasteiger partial charge in [-0.25, -0.2) is 13.2 Å². The van der Waals surface area contributed by atoms with Crippen molar-refractivity contribution in [2.75, 3.05) is 6.26 Å². The van der Waals surface area contributed by atoms with Crippen LogP contribution in [-0.2, 0) is 9.84 Å². The van der Waals surface area contributed by atoms with Crippen molar-refractivity contribution in [1.29, 1.82) is 0 Å². The van der Waals surface area contributed by atoms with E-state index in [-0.39, 0.29) is 4.90 Å². The normalized spacial score (nSPS) is 11.4. The average molecular weight is 342 g/mol. The van der Waals surface area contributed by atoms with Crippen LogP contribution in [0.3, 0.4) is 0 Å². The van der Waals surface area contributed by atoms with E-state index >= 15 is 0 Å². The summed E-state index contributed by atoms with van der Waals surface area (Å²) in [4.78, 5) is 29.0. The number of aromatic amines is 2. The Labute approximate surface area is 137 Å². The fourth-order valence-electron chi connectivity index (χ4n) is 2.45. The minimum absolute atomic E-state index is 0.166. The maximum Gasteiger partial charge on any atom is 0.326 e. The summed E-state index contributed by atoms with van der Waals surface area (Å²) in [6.07, 6.45) is 1.12. The number of nitrogens with one attached hydrogen (secondary N) is 2. The largest absolute Gasteiger partial charge is 0.326 e. The Kier molecular flexibility index (Phi) is 3.94. The Balaban J connectivity index is 2.25. The summed E-state index contributed by atoms with van der Waals surface area (Å²) in [5.74, 6) is 0. The fourth-order valence-corrected chi connectivity index (χ4v) is 3.08. The van der Waals surface area contributed by atoms with Crippen molar-refractivity contribution in [3.05, 3.63) is 75.4 Å². The van der Waals surface area contributed by atoms with Gasteiger partial charge in [-0.3, -0.25) is 9.78 Å². The monoisotopic (exact) mass is 342 g/mol. The van der Waals surface area contributed by atoms with Gasteiger partial charge in [-0.05, 0) is 23.3 Å². The minimum Gasteiger partial charge on any atom is -0.306 e. The van der Waals surface area contributed by atoms with E-state index in [0.29, 0.717) is 22.4 Å². The zero-order chi connectivity index (χ0) is 17.3. The molecular weight excluding hydrogens is 328 g/mol. The second kappa shape index (κ2) is 5.93. The van der Waals surface area contributed by atoms with Crippen LogP contribution in [0.15, 0.2) is 69.1 Å². The molecule has 24 heavy (non-hydrogen) atoms. The third-order valence-corrected chi connectivity index (χ3v) is 4.70. The quantitative estimate of drug-likeness (QED) is 0.758. The molecule has 0 amide bonds. The van der Waals surface area contributed by atoms with E-state index in [9.17, 15) is 18.0 Å². The topological polar surface area (TPSA) is 99.9 Å². The summed E-state index contributed by atoms with van der Waals surface area (Å²) in [6, 6.07) is 14.9. The Morgan fingerprint density at radius 2 is 1.42 bits per heavy atom. The third-order valence-electron chi connectivity index (χ3n) is 3.58. The van der Waals surface area contributed by atoms with Crippen molar-refractivity contribution in [2.45, 2.75) is 4.90 Å². The zero-order valence-electron chi connectivity index (χ0n) is 12.7. The second-order valence-electron chi connectivity index (χ2n) is 5.32. The lowest BCUT2D eigenvalue weighted by molar-refractivity contribution is 0.602.